The van der Waals surface area contributed by atoms with Crippen molar-refractivity contribution in [3.63, 3.8) is 0 Å². The van der Waals surface area contributed by atoms with Gasteiger partial charge in [0.15, 0.2) is 0 Å². The number of rotatable bonds is 7. The van der Waals surface area contributed by atoms with Crippen molar-refractivity contribution >= 4 is 23.3 Å². The van der Waals surface area contributed by atoms with E-state index in [1.807, 2.05) is 30.3 Å². The van der Waals surface area contributed by atoms with Gasteiger partial charge >= 0.3 is 0 Å². The van der Waals surface area contributed by atoms with Crippen molar-refractivity contribution in [2.24, 2.45) is 0 Å². The van der Waals surface area contributed by atoms with Gasteiger partial charge in [0.2, 0.25) is 5.69 Å². The molecule has 0 spiro atoms. The zero-order valence-electron chi connectivity index (χ0n) is 18.0. The van der Waals surface area contributed by atoms with Crippen LogP contribution in [0, 0.1) is 17.9 Å². The first-order valence-electron chi connectivity index (χ1n) is 10.6. The molecule has 1 aromatic carbocycles. The molecule has 2 aliphatic rings. The molecule has 0 amide bonds. The fraction of sp³-hybridized carbons (Fsp3) is 0.292. The molecule has 0 bridgehead atoms. The van der Waals surface area contributed by atoms with Crippen LogP contribution in [0.4, 0.5) is 15.9 Å². The van der Waals surface area contributed by atoms with E-state index in [2.05, 4.69) is 26.1 Å². The summed E-state index contributed by atoms with van der Waals surface area (Å²) in [7, 11) is 0. The highest BCUT2D eigenvalue weighted by atomic mass is 32.2. The van der Waals surface area contributed by atoms with Crippen LogP contribution < -0.4 is 9.64 Å². The van der Waals surface area contributed by atoms with Gasteiger partial charge in [-0.25, -0.2) is 14.2 Å². The standard InChI is InChI=1S/C24H19FN6O2S/c1-27-22-21(15-4-6-18(7-5-15)33-19-12-32-13-19)20(9-26)24(29-23(22)31-10-16(25)11-31)34-14-17-3-2-8-28-30-17/h2-8,16,19H,10-14H2. The maximum absolute atomic E-state index is 13.7. The number of nitriles is 1. The summed E-state index contributed by atoms with van der Waals surface area (Å²) in [5.41, 5.74) is 2.48. The van der Waals surface area contributed by atoms with Crippen molar-refractivity contribution in [2.45, 2.75) is 23.1 Å². The smallest absolute Gasteiger partial charge is 0.237 e. The average Bonchev–Trinajstić information content (AvgIpc) is 2.83. The molecular weight excluding hydrogens is 455 g/mol. The van der Waals surface area contributed by atoms with E-state index in [0.717, 1.165) is 5.69 Å². The fourth-order valence-corrected chi connectivity index (χ4v) is 4.56. The SMILES string of the molecule is [C-]#[N+]c1c(N2CC(F)C2)nc(SCc2cccnn2)c(C#N)c1-c1ccc(OC2COC2)cc1. The van der Waals surface area contributed by atoms with Gasteiger partial charge in [-0.15, -0.1) is 0 Å². The Labute approximate surface area is 200 Å². The number of alkyl halides is 1. The molecule has 0 N–H and O–H groups in total. The van der Waals surface area contributed by atoms with Crippen LogP contribution in [0.2, 0.25) is 0 Å². The predicted molar refractivity (Wildman–Crippen MR) is 125 cm³/mol. The summed E-state index contributed by atoms with van der Waals surface area (Å²) in [4.78, 5) is 10.1. The second-order valence-corrected chi connectivity index (χ2v) is 8.83. The summed E-state index contributed by atoms with van der Waals surface area (Å²) in [6.07, 6.45) is 0.675. The zero-order chi connectivity index (χ0) is 23.5. The van der Waals surface area contributed by atoms with Crippen molar-refractivity contribution < 1.29 is 13.9 Å². The molecule has 10 heteroatoms. The minimum atomic E-state index is -0.956. The van der Waals surface area contributed by atoms with Crippen LogP contribution in [0.15, 0.2) is 47.6 Å². The van der Waals surface area contributed by atoms with Crippen LogP contribution in [0.25, 0.3) is 16.0 Å². The Morgan fingerprint density at radius 1 is 1.26 bits per heavy atom. The lowest BCUT2D eigenvalue weighted by molar-refractivity contribution is -0.0796. The quantitative estimate of drug-likeness (QED) is 0.372. The van der Waals surface area contributed by atoms with E-state index in [-0.39, 0.29) is 24.9 Å². The summed E-state index contributed by atoms with van der Waals surface area (Å²) in [6.45, 7) is 9.33. The summed E-state index contributed by atoms with van der Waals surface area (Å²) in [5, 5.41) is 18.5. The van der Waals surface area contributed by atoms with Crippen LogP contribution in [-0.2, 0) is 10.5 Å². The second-order valence-electron chi connectivity index (χ2n) is 7.87. The average molecular weight is 475 g/mol. The maximum atomic E-state index is 13.7. The van der Waals surface area contributed by atoms with Crippen molar-refractivity contribution in [1.82, 2.24) is 15.2 Å². The number of nitrogens with zero attached hydrogens (tertiary/aromatic N) is 6. The number of aromatic nitrogens is 3. The van der Waals surface area contributed by atoms with Crippen LogP contribution >= 0.6 is 11.8 Å². The van der Waals surface area contributed by atoms with Gasteiger partial charge in [-0.3, -0.25) is 0 Å². The van der Waals surface area contributed by atoms with E-state index in [9.17, 15) is 9.65 Å². The lowest BCUT2D eigenvalue weighted by Crippen LogP contribution is -2.49. The third-order valence-corrected chi connectivity index (χ3v) is 6.53. The normalized spacial score (nSPS) is 15.7. The second kappa shape index (κ2) is 9.64. The summed E-state index contributed by atoms with van der Waals surface area (Å²) in [6, 6.07) is 13.2. The molecule has 2 fully saturated rings. The van der Waals surface area contributed by atoms with E-state index >= 15 is 0 Å². The third kappa shape index (κ3) is 4.38. The Bertz CT molecular complexity index is 1270. The first kappa shape index (κ1) is 22.1. The Hall–Kier alpha value is -3.73. The first-order valence-corrected chi connectivity index (χ1v) is 11.6. The molecule has 2 aromatic heterocycles. The van der Waals surface area contributed by atoms with E-state index in [1.165, 1.54) is 11.8 Å². The van der Waals surface area contributed by atoms with E-state index in [0.29, 0.717) is 52.3 Å². The largest absolute Gasteiger partial charge is 0.486 e. The molecule has 0 radical (unpaired) electrons. The Balaban J connectivity index is 1.56. The number of pyridine rings is 1. The number of hydrogen-bond acceptors (Lipinski definition) is 8. The number of halogens is 1. The van der Waals surface area contributed by atoms with E-state index in [4.69, 9.17) is 16.0 Å². The Morgan fingerprint density at radius 2 is 2.06 bits per heavy atom. The molecule has 2 saturated heterocycles. The summed E-state index contributed by atoms with van der Waals surface area (Å²) in [5.74, 6) is 1.54. The molecule has 0 atom stereocenters. The van der Waals surface area contributed by atoms with E-state index < -0.39 is 6.17 Å². The van der Waals surface area contributed by atoms with Crippen molar-refractivity contribution in [1.29, 1.82) is 5.26 Å². The first-order chi connectivity index (χ1) is 16.7. The Kier molecular flexibility index (Phi) is 6.26. The number of ether oxygens (including phenoxy) is 2. The van der Waals surface area contributed by atoms with Crippen molar-refractivity contribution in [3.8, 4) is 22.9 Å². The maximum Gasteiger partial charge on any atom is 0.237 e. The minimum Gasteiger partial charge on any atom is -0.486 e. The molecular formula is C24H19FN6O2S. The van der Waals surface area contributed by atoms with Gasteiger partial charge in [0.1, 0.15) is 34.9 Å². The molecule has 8 nitrogen and oxygen atoms in total. The predicted octanol–water partition coefficient (Wildman–Crippen LogP) is 4.19. The highest BCUT2D eigenvalue weighted by Crippen LogP contribution is 2.45. The highest BCUT2D eigenvalue weighted by Gasteiger charge is 2.32. The van der Waals surface area contributed by atoms with Gasteiger partial charge in [0.25, 0.3) is 0 Å². The molecule has 5 rings (SSSR count). The van der Waals surface area contributed by atoms with Gasteiger partial charge in [-0.1, -0.05) is 23.9 Å². The topological polar surface area (TPSA) is 88.5 Å². The molecule has 2 aliphatic heterocycles. The summed E-state index contributed by atoms with van der Waals surface area (Å²) < 4.78 is 24.6. The third-order valence-electron chi connectivity index (χ3n) is 5.52. The van der Waals surface area contributed by atoms with Crippen LogP contribution in [-0.4, -0.2) is 53.8 Å². The van der Waals surface area contributed by atoms with Gasteiger partial charge in [0, 0.05) is 17.5 Å². The molecule has 0 unspecified atom stereocenters. The number of benzene rings is 1. The molecule has 4 heterocycles. The number of thioether (sulfide) groups is 1. The molecule has 170 valence electrons. The number of hydrogen-bond donors (Lipinski definition) is 0. The lowest BCUT2D eigenvalue weighted by Gasteiger charge is -2.36. The molecule has 34 heavy (non-hydrogen) atoms. The minimum absolute atomic E-state index is 0.0380. The van der Waals surface area contributed by atoms with Crippen LogP contribution in [0.1, 0.15) is 11.3 Å². The molecule has 0 saturated carbocycles. The molecule has 0 aliphatic carbocycles. The van der Waals surface area contributed by atoms with Crippen LogP contribution in [0.5, 0.6) is 5.75 Å². The van der Waals surface area contributed by atoms with E-state index in [1.54, 1.807) is 17.2 Å². The highest BCUT2D eigenvalue weighted by molar-refractivity contribution is 7.98. The lowest BCUT2D eigenvalue weighted by atomic mass is 9.99. The van der Waals surface area contributed by atoms with Gasteiger partial charge < -0.3 is 14.4 Å². The molecule has 3 aromatic rings. The Morgan fingerprint density at radius 3 is 2.65 bits per heavy atom. The zero-order valence-corrected chi connectivity index (χ0v) is 18.8. The number of anilines is 1. The fourth-order valence-electron chi connectivity index (χ4n) is 3.68. The van der Waals surface area contributed by atoms with Crippen LogP contribution in [0.3, 0.4) is 0 Å². The van der Waals surface area contributed by atoms with Crippen molar-refractivity contribution in [2.75, 3.05) is 31.2 Å². The monoisotopic (exact) mass is 474 g/mol. The van der Waals surface area contributed by atoms with Gasteiger partial charge in [-0.05, 0) is 29.8 Å². The van der Waals surface area contributed by atoms with Crippen molar-refractivity contribution in [3.05, 3.63) is 65.3 Å². The van der Waals surface area contributed by atoms with Gasteiger partial charge in [-0.2, -0.15) is 15.5 Å². The summed E-state index contributed by atoms with van der Waals surface area (Å²) >= 11 is 1.34. The van der Waals surface area contributed by atoms with Gasteiger partial charge in [0.05, 0.1) is 44.1 Å².